The molecule has 0 aromatic carbocycles. The summed E-state index contributed by atoms with van der Waals surface area (Å²) in [5, 5.41) is 0.935. The predicted molar refractivity (Wildman–Crippen MR) is 67.3 cm³/mol. The minimum atomic E-state index is 0.364. The number of carbonyl (C=O) groups excluding carboxylic acids is 1. The fourth-order valence-electron chi connectivity index (χ4n) is 2.14. The molecule has 2 nitrogen and oxygen atoms in total. The Labute approximate surface area is 102 Å². The summed E-state index contributed by atoms with van der Waals surface area (Å²) >= 11 is 3.53. The van der Waals surface area contributed by atoms with E-state index in [4.69, 9.17) is 0 Å². The van der Waals surface area contributed by atoms with Gasteiger partial charge in [0.05, 0.1) is 0 Å². The van der Waals surface area contributed by atoms with Crippen LogP contribution in [0.5, 0.6) is 0 Å². The van der Waals surface area contributed by atoms with E-state index >= 15 is 0 Å². The Bertz CT molecular complexity index is 196. The van der Waals surface area contributed by atoms with Crippen LogP contribution in [0.2, 0.25) is 0 Å². The summed E-state index contributed by atoms with van der Waals surface area (Å²) in [7, 11) is 0. The molecule has 0 bridgehead atoms. The van der Waals surface area contributed by atoms with E-state index in [1.54, 1.807) is 0 Å². The van der Waals surface area contributed by atoms with Crippen molar-refractivity contribution in [1.29, 1.82) is 0 Å². The summed E-state index contributed by atoms with van der Waals surface area (Å²) in [5.74, 6) is 0.364. The molecule has 1 amide bonds. The summed E-state index contributed by atoms with van der Waals surface area (Å²) in [4.78, 5) is 14.1. The van der Waals surface area contributed by atoms with Crippen LogP contribution >= 0.6 is 15.9 Å². The van der Waals surface area contributed by atoms with Gasteiger partial charge in [0.15, 0.2) is 0 Å². The third-order valence-corrected chi connectivity index (χ3v) is 3.87. The highest BCUT2D eigenvalue weighted by atomic mass is 79.9. The molecular formula is C12H22BrNO. The molecule has 1 aliphatic rings. The number of nitrogens with zero attached hydrogens (tertiary/aromatic N) is 1. The molecular weight excluding hydrogens is 254 g/mol. The lowest BCUT2D eigenvalue weighted by Gasteiger charge is -2.28. The largest absolute Gasteiger partial charge is 0.339 e. The zero-order valence-electron chi connectivity index (χ0n) is 9.67. The van der Waals surface area contributed by atoms with Gasteiger partial charge in [0, 0.05) is 24.3 Å². The van der Waals surface area contributed by atoms with Gasteiger partial charge in [-0.2, -0.15) is 0 Å². The molecule has 1 heterocycles. The van der Waals surface area contributed by atoms with E-state index in [0.29, 0.717) is 11.9 Å². The molecule has 1 atom stereocenters. The first-order valence-corrected chi connectivity index (χ1v) is 7.27. The smallest absolute Gasteiger partial charge is 0.222 e. The zero-order valence-corrected chi connectivity index (χ0v) is 11.3. The molecule has 1 rings (SSSR count). The van der Waals surface area contributed by atoms with E-state index in [1.165, 1.54) is 25.7 Å². The van der Waals surface area contributed by atoms with Crippen molar-refractivity contribution in [3.63, 3.8) is 0 Å². The number of rotatable bonds is 4. The summed E-state index contributed by atoms with van der Waals surface area (Å²) < 4.78 is 0. The average molecular weight is 276 g/mol. The van der Waals surface area contributed by atoms with Gasteiger partial charge in [-0.05, 0) is 19.3 Å². The number of unbranched alkanes of at least 4 members (excludes halogenated alkanes) is 1. The van der Waals surface area contributed by atoms with Crippen molar-refractivity contribution < 1.29 is 4.79 Å². The molecule has 0 aromatic heterocycles. The highest BCUT2D eigenvalue weighted by Crippen LogP contribution is 2.19. The third-order valence-electron chi connectivity index (χ3n) is 3.12. The Kier molecular flexibility index (Phi) is 6.30. The summed E-state index contributed by atoms with van der Waals surface area (Å²) in [5.41, 5.74) is 0. The Hall–Kier alpha value is -0.0500. The normalized spacial score (nSPS) is 22.5. The van der Waals surface area contributed by atoms with Gasteiger partial charge >= 0.3 is 0 Å². The van der Waals surface area contributed by atoms with Gasteiger partial charge in [-0.15, -0.1) is 0 Å². The van der Waals surface area contributed by atoms with E-state index in [0.717, 1.165) is 31.1 Å². The van der Waals surface area contributed by atoms with Crippen molar-refractivity contribution in [2.45, 2.75) is 57.9 Å². The number of hydrogen-bond acceptors (Lipinski definition) is 1. The second kappa shape index (κ2) is 7.26. The number of halogens is 1. The van der Waals surface area contributed by atoms with Crippen LogP contribution in [0.3, 0.4) is 0 Å². The fraction of sp³-hybridized carbons (Fsp3) is 0.917. The number of likely N-dealkylation sites (tertiary alicyclic amines) is 1. The van der Waals surface area contributed by atoms with Crippen molar-refractivity contribution in [3.8, 4) is 0 Å². The molecule has 0 saturated carbocycles. The Balaban J connectivity index is 2.49. The molecule has 3 heteroatoms. The standard InChI is InChI=1S/C12H22BrNO/c1-2-3-8-12(15)14-9-6-4-5-7-11(14)10-13/h11H,2-10H2,1H3. The lowest BCUT2D eigenvalue weighted by atomic mass is 10.1. The van der Waals surface area contributed by atoms with E-state index in [9.17, 15) is 4.79 Å². The Morgan fingerprint density at radius 1 is 1.40 bits per heavy atom. The van der Waals surface area contributed by atoms with Crippen LogP contribution in [0, 0.1) is 0 Å². The van der Waals surface area contributed by atoms with Crippen LogP contribution < -0.4 is 0 Å². The minimum Gasteiger partial charge on any atom is -0.339 e. The van der Waals surface area contributed by atoms with Crippen LogP contribution in [0.25, 0.3) is 0 Å². The van der Waals surface area contributed by atoms with Crippen molar-refractivity contribution in [1.82, 2.24) is 4.90 Å². The number of amides is 1. The van der Waals surface area contributed by atoms with Crippen LogP contribution in [0.15, 0.2) is 0 Å². The first-order chi connectivity index (χ1) is 7.29. The second-order valence-corrected chi connectivity index (χ2v) is 5.00. The van der Waals surface area contributed by atoms with Crippen molar-refractivity contribution in [3.05, 3.63) is 0 Å². The third kappa shape index (κ3) is 4.13. The minimum absolute atomic E-state index is 0.364. The van der Waals surface area contributed by atoms with Gasteiger partial charge in [-0.3, -0.25) is 4.79 Å². The number of alkyl halides is 1. The van der Waals surface area contributed by atoms with E-state index in [1.807, 2.05) is 0 Å². The fourth-order valence-corrected chi connectivity index (χ4v) is 2.81. The van der Waals surface area contributed by atoms with Gasteiger partial charge in [0.1, 0.15) is 0 Å². The highest BCUT2D eigenvalue weighted by Gasteiger charge is 2.23. The zero-order chi connectivity index (χ0) is 11.1. The van der Waals surface area contributed by atoms with Gasteiger partial charge in [-0.1, -0.05) is 42.1 Å². The van der Waals surface area contributed by atoms with Crippen molar-refractivity contribution >= 4 is 21.8 Å². The quantitative estimate of drug-likeness (QED) is 0.721. The number of hydrogen-bond donors (Lipinski definition) is 0. The maximum atomic E-state index is 12.0. The summed E-state index contributed by atoms with van der Waals surface area (Å²) in [6.07, 6.45) is 7.78. The number of carbonyl (C=O) groups is 1. The first-order valence-electron chi connectivity index (χ1n) is 6.15. The van der Waals surface area contributed by atoms with Crippen LogP contribution in [0.1, 0.15) is 51.9 Å². The summed E-state index contributed by atoms with van der Waals surface area (Å²) in [6.45, 7) is 3.11. The highest BCUT2D eigenvalue weighted by molar-refractivity contribution is 9.09. The van der Waals surface area contributed by atoms with Gasteiger partial charge in [-0.25, -0.2) is 0 Å². The molecule has 1 unspecified atom stereocenters. The Morgan fingerprint density at radius 2 is 2.20 bits per heavy atom. The first kappa shape index (κ1) is 13.0. The van der Waals surface area contributed by atoms with E-state index in [2.05, 4.69) is 27.8 Å². The molecule has 0 aromatic rings. The van der Waals surface area contributed by atoms with E-state index in [-0.39, 0.29) is 0 Å². The average Bonchev–Trinajstić information content (AvgIpc) is 2.50. The molecule has 1 aliphatic heterocycles. The SMILES string of the molecule is CCCCC(=O)N1CCCCCC1CBr. The molecule has 88 valence electrons. The molecule has 1 saturated heterocycles. The molecule has 1 fully saturated rings. The van der Waals surface area contributed by atoms with Crippen molar-refractivity contribution in [2.75, 3.05) is 11.9 Å². The maximum Gasteiger partial charge on any atom is 0.222 e. The van der Waals surface area contributed by atoms with Gasteiger partial charge in [0.2, 0.25) is 5.91 Å². The molecule has 0 aliphatic carbocycles. The molecule has 0 spiro atoms. The molecule has 0 radical (unpaired) electrons. The lowest BCUT2D eigenvalue weighted by Crippen LogP contribution is -2.40. The predicted octanol–water partition coefficient (Wildman–Crippen LogP) is 3.34. The van der Waals surface area contributed by atoms with E-state index < -0.39 is 0 Å². The molecule has 15 heavy (non-hydrogen) atoms. The van der Waals surface area contributed by atoms with Crippen LogP contribution in [-0.2, 0) is 4.79 Å². The van der Waals surface area contributed by atoms with Crippen LogP contribution in [-0.4, -0.2) is 28.7 Å². The monoisotopic (exact) mass is 275 g/mol. The topological polar surface area (TPSA) is 20.3 Å². The summed E-state index contributed by atoms with van der Waals surface area (Å²) in [6, 6.07) is 0.442. The van der Waals surface area contributed by atoms with Gasteiger partial charge in [0.25, 0.3) is 0 Å². The maximum absolute atomic E-state index is 12.0. The van der Waals surface area contributed by atoms with Crippen molar-refractivity contribution in [2.24, 2.45) is 0 Å². The Morgan fingerprint density at radius 3 is 2.87 bits per heavy atom. The second-order valence-electron chi connectivity index (χ2n) is 4.35. The van der Waals surface area contributed by atoms with Crippen LogP contribution in [0.4, 0.5) is 0 Å². The molecule has 0 N–H and O–H groups in total. The lowest BCUT2D eigenvalue weighted by molar-refractivity contribution is -0.133. The van der Waals surface area contributed by atoms with Gasteiger partial charge < -0.3 is 4.90 Å².